The molecule has 20 heavy (non-hydrogen) atoms. The first-order valence-electron chi connectivity index (χ1n) is 6.94. The number of halogens is 1. The van der Waals surface area contributed by atoms with E-state index in [9.17, 15) is 9.59 Å². The fourth-order valence-electron chi connectivity index (χ4n) is 2.58. The molecule has 0 saturated carbocycles. The molecule has 1 aliphatic rings. The fourth-order valence-corrected chi connectivity index (χ4v) is 3.12. The molecule has 0 aromatic heterocycles. The Morgan fingerprint density at radius 1 is 1.35 bits per heavy atom. The lowest BCUT2D eigenvalue weighted by atomic mass is 10.1. The Hall–Kier alpha value is -1.11. The molecule has 2 amide bonds. The number of amides is 2. The van der Waals surface area contributed by atoms with E-state index in [0.717, 1.165) is 22.1 Å². The van der Waals surface area contributed by atoms with Crippen molar-refractivity contribution in [2.45, 2.75) is 45.2 Å². The molecular formula is C15H19IN2O2. The summed E-state index contributed by atoms with van der Waals surface area (Å²) < 4.78 is 1.10. The summed E-state index contributed by atoms with van der Waals surface area (Å²) >= 11 is 2.23. The van der Waals surface area contributed by atoms with Gasteiger partial charge in [0.15, 0.2) is 0 Å². The number of carbonyl (C=O) groups excluding carboxylic acids is 2. The van der Waals surface area contributed by atoms with Crippen LogP contribution in [0.5, 0.6) is 0 Å². The van der Waals surface area contributed by atoms with Gasteiger partial charge in [0.05, 0.1) is 6.42 Å². The minimum atomic E-state index is -0.429. The molecule has 1 saturated heterocycles. The Bertz CT molecular complexity index is 514. The molecule has 1 unspecified atom stereocenters. The van der Waals surface area contributed by atoms with Crippen LogP contribution in [0, 0.1) is 3.57 Å². The van der Waals surface area contributed by atoms with E-state index in [1.807, 2.05) is 38.1 Å². The van der Waals surface area contributed by atoms with Gasteiger partial charge >= 0.3 is 0 Å². The number of carbonyl (C=O) groups is 2. The number of hydrogen-bond donors (Lipinski definition) is 1. The smallest absolute Gasteiger partial charge is 0.252 e. The Kier molecular flexibility index (Phi) is 5.01. The lowest BCUT2D eigenvalue weighted by Gasteiger charge is -2.24. The zero-order valence-corrected chi connectivity index (χ0v) is 13.9. The van der Waals surface area contributed by atoms with Gasteiger partial charge in [-0.2, -0.15) is 0 Å². The third-order valence-electron chi connectivity index (χ3n) is 3.66. The van der Waals surface area contributed by atoms with Crippen LogP contribution in [0.3, 0.4) is 0 Å². The second kappa shape index (κ2) is 6.56. The van der Waals surface area contributed by atoms with Gasteiger partial charge in [0.25, 0.3) is 5.91 Å². The van der Waals surface area contributed by atoms with Crippen molar-refractivity contribution in [3.63, 3.8) is 0 Å². The van der Waals surface area contributed by atoms with E-state index in [4.69, 9.17) is 0 Å². The van der Waals surface area contributed by atoms with Crippen molar-refractivity contribution in [3.05, 3.63) is 27.8 Å². The number of nitrogens with zero attached hydrogens (tertiary/aromatic N) is 1. The van der Waals surface area contributed by atoms with Gasteiger partial charge in [0.2, 0.25) is 5.91 Å². The van der Waals surface area contributed by atoms with Gasteiger partial charge in [0, 0.05) is 15.3 Å². The summed E-state index contributed by atoms with van der Waals surface area (Å²) in [4.78, 5) is 25.9. The first-order valence-corrected chi connectivity index (χ1v) is 8.02. The number of nitrogens with one attached hydrogen (secondary N) is 1. The van der Waals surface area contributed by atoms with Crippen molar-refractivity contribution < 1.29 is 9.59 Å². The molecule has 0 bridgehead atoms. The molecule has 1 heterocycles. The number of hydrogen-bond acceptors (Lipinski definition) is 3. The number of imide groups is 1. The molecule has 1 atom stereocenters. The van der Waals surface area contributed by atoms with Crippen LogP contribution in [0.4, 0.5) is 5.69 Å². The lowest BCUT2D eigenvalue weighted by molar-refractivity contribution is -0.141. The third-order valence-corrected chi connectivity index (χ3v) is 4.33. The molecule has 2 rings (SSSR count). The normalized spacial score (nSPS) is 19.0. The highest BCUT2D eigenvalue weighted by Crippen LogP contribution is 2.23. The maximum absolute atomic E-state index is 12.4. The molecule has 108 valence electrons. The Balaban J connectivity index is 2.12. The maximum atomic E-state index is 12.4. The van der Waals surface area contributed by atoms with Crippen LogP contribution in [0.15, 0.2) is 24.3 Å². The molecular weight excluding hydrogens is 367 g/mol. The molecule has 0 spiro atoms. The van der Waals surface area contributed by atoms with Gasteiger partial charge in [-0.3, -0.25) is 14.5 Å². The van der Waals surface area contributed by atoms with E-state index in [1.165, 1.54) is 4.90 Å². The molecule has 0 radical (unpaired) electrons. The van der Waals surface area contributed by atoms with Crippen LogP contribution in [0.25, 0.3) is 0 Å². The number of likely N-dealkylation sites (tertiary alicyclic amines) is 1. The van der Waals surface area contributed by atoms with E-state index >= 15 is 0 Å². The van der Waals surface area contributed by atoms with Gasteiger partial charge in [-0.25, -0.2) is 0 Å². The largest absolute Gasteiger partial charge is 0.373 e. The first-order chi connectivity index (χ1) is 9.56. The van der Waals surface area contributed by atoms with Crippen molar-refractivity contribution >= 4 is 40.1 Å². The van der Waals surface area contributed by atoms with Crippen molar-refractivity contribution in [2.24, 2.45) is 0 Å². The van der Waals surface area contributed by atoms with Crippen LogP contribution in [-0.4, -0.2) is 28.8 Å². The van der Waals surface area contributed by atoms with Crippen molar-refractivity contribution in [1.29, 1.82) is 0 Å². The zero-order chi connectivity index (χ0) is 14.7. The Labute approximate surface area is 133 Å². The predicted molar refractivity (Wildman–Crippen MR) is 87.4 cm³/mol. The van der Waals surface area contributed by atoms with Crippen LogP contribution in [-0.2, 0) is 9.59 Å². The summed E-state index contributed by atoms with van der Waals surface area (Å²) in [6, 6.07) is 7.41. The van der Waals surface area contributed by atoms with Gasteiger partial charge in [-0.1, -0.05) is 19.9 Å². The van der Waals surface area contributed by atoms with E-state index < -0.39 is 6.04 Å². The van der Waals surface area contributed by atoms with E-state index in [1.54, 1.807) is 0 Å². The fraction of sp³-hybridized carbons (Fsp3) is 0.467. The van der Waals surface area contributed by atoms with Crippen LogP contribution < -0.4 is 5.32 Å². The summed E-state index contributed by atoms with van der Waals surface area (Å²) in [5.41, 5.74) is 0.884. The molecule has 4 nitrogen and oxygen atoms in total. The van der Waals surface area contributed by atoms with Crippen LogP contribution in [0.1, 0.15) is 33.1 Å². The average molecular weight is 386 g/mol. The van der Waals surface area contributed by atoms with Gasteiger partial charge in [-0.05, 0) is 53.6 Å². The highest BCUT2D eigenvalue weighted by atomic mass is 127. The summed E-state index contributed by atoms with van der Waals surface area (Å²) in [7, 11) is 0. The Morgan fingerprint density at radius 3 is 2.65 bits per heavy atom. The predicted octanol–water partition coefficient (Wildman–Crippen LogP) is 3.02. The van der Waals surface area contributed by atoms with Crippen molar-refractivity contribution in [2.75, 3.05) is 5.32 Å². The standard InChI is InChI=1S/C15H19IN2O2/c1-3-12(4-2)18-14(19)9-13(15(18)20)17-11-7-5-6-10(16)8-11/h5-8,12-13,17H,3-4,9H2,1-2H3. The lowest BCUT2D eigenvalue weighted by Crippen LogP contribution is -2.41. The van der Waals surface area contributed by atoms with E-state index in [2.05, 4.69) is 27.9 Å². The molecule has 0 aliphatic carbocycles. The number of benzene rings is 1. The first kappa shape index (κ1) is 15.3. The summed E-state index contributed by atoms with van der Waals surface area (Å²) in [6.07, 6.45) is 1.87. The van der Waals surface area contributed by atoms with E-state index in [-0.39, 0.29) is 24.3 Å². The van der Waals surface area contributed by atoms with Gasteiger partial charge < -0.3 is 5.32 Å². The molecule has 1 aromatic rings. The monoisotopic (exact) mass is 386 g/mol. The van der Waals surface area contributed by atoms with Gasteiger partial charge in [0.1, 0.15) is 6.04 Å². The van der Waals surface area contributed by atoms with Crippen molar-refractivity contribution in [3.8, 4) is 0 Å². The maximum Gasteiger partial charge on any atom is 0.252 e. The van der Waals surface area contributed by atoms with Crippen molar-refractivity contribution in [1.82, 2.24) is 4.90 Å². The summed E-state index contributed by atoms with van der Waals surface area (Å²) in [6.45, 7) is 4.02. The number of rotatable bonds is 5. The highest BCUT2D eigenvalue weighted by Gasteiger charge is 2.41. The topological polar surface area (TPSA) is 49.4 Å². The average Bonchev–Trinajstić information content (AvgIpc) is 2.68. The summed E-state index contributed by atoms with van der Waals surface area (Å²) in [5, 5.41) is 3.18. The minimum Gasteiger partial charge on any atom is -0.373 e. The molecule has 1 fully saturated rings. The third kappa shape index (κ3) is 3.13. The van der Waals surface area contributed by atoms with Crippen LogP contribution >= 0.6 is 22.6 Å². The molecule has 5 heteroatoms. The molecule has 1 N–H and O–H groups in total. The Morgan fingerprint density at radius 2 is 2.05 bits per heavy atom. The highest BCUT2D eigenvalue weighted by molar-refractivity contribution is 14.1. The molecule has 1 aromatic carbocycles. The number of anilines is 1. The van der Waals surface area contributed by atoms with Crippen LogP contribution in [0.2, 0.25) is 0 Å². The molecule has 1 aliphatic heterocycles. The SMILES string of the molecule is CCC(CC)N1C(=O)CC(Nc2cccc(I)c2)C1=O. The second-order valence-corrected chi connectivity index (χ2v) is 6.23. The second-order valence-electron chi connectivity index (χ2n) is 4.98. The van der Waals surface area contributed by atoms with Gasteiger partial charge in [-0.15, -0.1) is 0 Å². The summed E-state index contributed by atoms with van der Waals surface area (Å²) in [5.74, 6) is -0.158. The quantitative estimate of drug-likeness (QED) is 0.625. The van der Waals surface area contributed by atoms with E-state index in [0.29, 0.717) is 0 Å². The zero-order valence-electron chi connectivity index (χ0n) is 11.7. The minimum absolute atomic E-state index is 0.0257.